The van der Waals surface area contributed by atoms with Gasteiger partial charge in [-0.05, 0) is 37.8 Å². The quantitative estimate of drug-likeness (QED) is 0.658. The summed E-state index contributed by atoms with van der Waals surface area (Å²) in [5, 5.41) is 10.0. The van der Waals surface area contributed by atoms with Crippen LogP contribution in [0.15, 0.2) is 18.2 Å². The second kappa shape index (κ2) is 10.3. The van der Waals surface area contributed by atoms with E-state index in [1.807, 2.05) is 0 Å². The Bertz CT molecular complexity index is 650. The van der Waals surface area contributed by atoms with Gasteiger partial charge in [-0.1, -0.05) is 11.6 Å². The van der Waals surface area contributed by atoms with Crippen LogP contribution < -0.4 is 15.8 Å². The molecule has 0 bridgehead atoms. The standard InChI is InChI=1S/C14H18ClFN2O2.C2HF3O2/c15-12-6-5-11(7-13(12)16)20-8-14(19)18-10-3-1-9(17)2-4-10;3-2(4,5)1(6)7/h5-7,9-10H,1-4,8,17H2,(H,18,19);(H,6,7). The van der Waals surface area contributed by atoms with E-state index in [0.717, 1.165) is 31.7 Å². The number of nitrogens with two attached hydrogens (primary N) is 1. The summed E-state index contributed by atoms with van der Waals surface area (Å²) in [6.07, 6.45) is -1.45. The molecule has 11 heteroatoms. The maximum absolute atomic E-state index is 13.2. The normalized spacial score (nSPS) is 19.5. The molecule has 2 rings (SSSR count). The van der Waals surface area contributed by atoms with E-state index in [4.69, 9.17) is 32.0 Å². The summed E-state index contributed by atoms with van der Waals surface area (Å²) in [7, 11) is 0. The molecule has 1 saturated carbocycles. The van der Waals surface area contributed by atoms with Crippen LogP contribution in [-0.4, -0.2) is 41.8 Å². The average Bonchev–Trinajstić information content (AvgIpc) is 2.58. The second-order valence-corrected chi connectivity index (χ2v) is 6.25. The number of carboxylic acids is 1. The highest BCUT2D eigenvalue weighted by molar-refractivity contribution is 6.30. The average molecular weight is 415 g/mol. The summed E-state index contributed by atoms with van der Waals surface area (Å²) < 4.78 is 50.2. The first-order valence-electron chi connectivity index (χ1n) is 7.92. The van der Waals surface area contributed by atoms with E-state index in [1.54, 1.807) is 0 Å². The number of carboxylic acid groups (broad SMARTS) is 1. The monoisotopic (exact) mass is 414 g/mol. The Kier molecular flexibility index (Phi) is 8.77. The number of hydrogen-bond donors (Lipinski definition) is 3. The lowest BCUT2D eigenvalue weighted by atomic mass is 9.92. The topological polar surface area (TPSA) is 102 Å². The molecule has 1 amide bonds. The van der Waals surface area contributed by atoms with Crippen molar-refractivity contribution in [2.75, 3.05) is 6.61 Å². The number of alkyl halides is 3. The van der Waals surface area contributed by atoms with Gasteiger partial charge in [0.25, 0.3) is 5.91 Å². The molecule has 0 spiro atoms. The molecule has 27 heavy (non-hydrogen) atoms. The molecule has 1 fully saturated rings. The molecule has 0 aliphatic heterocycles. The fraction of sp³-hybridized carbons (Fsp3) is 0.500. The van der Waals surface area contributed by atoms with Crippen LogP contribution in [0.3, 0.4) is 0 Å². The van der Waals surface area contributed by atoms with Gasteiger partial charge in [-0.25, -0.2) is 9.18 Å². The number of hydrogen-bond acceptors (Lipinski definition) is 4. The van der Waals surface area contributed by atoms with E-state index < -0.39 is 18.0 Å². The summed E-state index contributed by atoms with van der Waals surface area (Å²) >= 11 is 5.56. The summed E-state index contributed by atoms with van der Waals surface area (Å²) in [5.41, 5.74) is 5.81. The maximum atomic E-state index is 13.2. The zero-order valence-electron chi connectivity index (χ0n) is 14.1. The zero-order chi connectivity index (χ0) is 20.6. The van der Waals surface area contributed by atoms with E-state index >= 15 is 0 Å². The smallest absolute Gasteiger partial charge is 0.484 e. The third-order valence-electron chi connectivity index (χ3n) is 3.64. The van der Waals surface area contributed by atoms with Gasteiger partial charge < -0.3 is 20.9 Å². The molecular weight excluding hydrogens is 396 g/mol. The molecule has 4 N–H and O–H groups in total. The minimum absolute atomic E-state index is 0.0281. The predicted octanol–water partition coefficient (Wildman–Crippen LogP) is 2.88. The van der Waals surface area contributed by atoms with Crippen LogP contribution >= 0.6 is 11.6 Å². The lowest BCUT2D eigenvalue weighted by Crippen LogP contribution is -2.42. The van der Waals surface area contributed by atoms with Crippen LogP contribution in [0.4, 0.5) is 17.6 Å². The molecule has 0 unspecified atom stereocenters. The highest BCUT2D eigenvalue weighted by atomic mass is 35.5. The first-order chi connectivity index (χ1) is 12.5. The van der Waals surface area contributed by atoms with Gasteiger partial charge in [-0.15, -0.1) is 0 Å². The van der Waals surface area contributed by atoms with Crippen molar-refractivity contribution in [1.82, 2.24) is 5.32 Å². The Labute approximate surface area is 157 Å². The minimum atomic E-state index is -5.08. The van der Waals surface area contributed by atoms with Crippen molar-refractivity contribution in [2.24, 2.45) is 5.73 Å². The van der Waals surface area contributed by atoms with E-state index in [9.17, 15) is 22.4 Å². The fourth-order valence-corrected chi connectivity index (χ4v) is 2.37. The largest absolute Gasteiger partial charge is 0.490 e. The number of nitrogens with one attached hydrogen (secondary N) is 1. The lowest BCUT2D eigenvalue weighted by Gasteiger charge is -2.26. The highest BCUT2D eigenvalue weighted by Crippen LogP contribution is 2.20. The first kappa shape index (κ1) is 23.0. The molecule has 1 aromatic carbocycles. The predicted molar refractivity (Wildman–Crippen MR) is 89.0 cm³/mol. The van der Waals surface area contributed by atoms with Crippen LogP contribution in [0.5, 0.6) is 5.75 Å². The highest BCUT2D eigenvalue weighted by Gasteiger charge is 2.38. The number of halogens is 5. The van der Waals surface area contributed by atoms with Crippen molar-refractivity contribution >= 4 is 23.5 Å². The summed E-state index contributed by atoms with van der Waals surface area (Å²) in [4.78, 5) is 20.6. The van der Waals surface area contributed by atoms with Gasteiger partial charge in [0.05, 0.1) is 5.02 Å². The summed E-state index contributed by atoms with van der Waals surface area (Å²) in [5.74, 6) is -3.24. The Hall–Kier alpha value is -2.07. The summed E-state index contributed by atoms with van der Waals surface area (Å²) in [6.45, 7) is -0.135. The second-order valence-electron chi connectivity index (χ2n) is 5.85. The zero-order valence-corrected chi connectivity index (χ0v) is 14.8. The molecule has 1 aromatic rings. The number of aliphatic carboxylic acids is 1. The van der Waals surface area contributed by atoms with Crippen molar-refractivity contribution in [1.29, 1.82) is 0 Å². The van der Waals surface area contributed by atoms with Crippen LogP contribution in [0.1, 0.15) is 25.7 Å². The van der Waals surface area contributed by atoms with Crippen LogP contribution in [-0.2, 0) is 9.59 Å². The van der Waals surface area contributed by atoms with E-state index in [-0.39, 0.29) is 35.4 Å². The number of carbonyl (C=O) groups excluding carboxylic acids is 1. The molecule has 0 radical (unpaired) electrons. The van der Waals surface area contributed by atoms with Crippen molar-refractivity contribution in [3.8, 4) is 5.75 Å². The number of ether oxygens (including phenoxy) is 1. The van der Waals surface area contributed by atoms with E-state index in [1.165, 1.54) is 12.1 Å². The molecule has 1 aliphatic carbocycles. The van der Waals surface area contributed by atoms with Crippen molar-refractivity contribution in [2.45, 2.75) is 43.9 Å². The van der Waals surface area contributed by atoms with Gasteiger partial charge >= 0.3 is 12.1 Å². The Morgan fingerprint density at radius 3 is 2.30 bits per heavy atom. The third kappa shape index (κ3) is 8.91. The first-order valence-corrected chi connectivity index (χ1v) is 8.29. The van der Waals surface area contributed by atoms with Crippen LogP contribution in [0.25, 0.3) is 0 Å². The van der Waals surface area contributed by atoms with Crippen molar-refractivity contribution < 1.29 is 37.0 Å². The SMILES string of the molecule is NC1CCC(NC(=O)COc2ccc(Cl)c(F)c2)CC1.O=C(O)C(F)(F)F. The molecule has 152 valence electrons. The van der Waals surface area contributed by atoms with Gasteiger partial charge in [0.2, 0.25) is 0 Å². The van der Waals surface area contributed by atoms with Gasteiger partial charge in [0, 0.05) is 18.2 Å². The molecular formula is C16H19ClF4N2O4. The molecule has 0 atom stereocenters. The minimum Gasteiger partial charge on any atom is -0.484 e. The lowest BCUT2D eigenvalue weighted by molar-refractivity contribution is -0.192. The van der Waals surface area contributed by atoms with Gasteiger partial charge in [-0.3, -0.25) is 4.79 Å². The molecule has 6 nitrogen and oxygen atoms in total. The number of rotatable bonds is 4. The van der Waals surface area contributed by atoms with E-state index in [2.05, 4.69) is 5.32 Å². The molecule has 0 saturated heterocycles. The fourth-order valence-electron chi connectivity index (χ4n) is 2.25. The van der Waals surface area contributed by atoms with E-state index in [0.29, 0.717) is 0 Å². The number of benzene rings is 1. The van der Waals surface area contributed by atoms with Gasteiger partial charge in [0.15, 0.2) is 6.61 Å². The Morgan fingerprint density at radius 1 is 1.26 bits per heavy atom. The van der Waals surface area contributed by atoms with Crippen LogP contribution in [0.2, 0.25) is 5.02 Å². The molecule has 0 aromatic heterocycles. The van der Waals surface area contributed by atoms with Crippen molar-refractivity contribution in [3.05, 3.63) is 29.0 Å². The number of carbonyl (C=O) groups is 2. The van der Waals surface area contributed by atoms with Crippen molar-refractivity contribution in [3.63, 3.8) is 0 Å². The molecule has 0 heterocycles. The maximum Gasteiger partial charge on any atom is 0.490 e. The van der Waals surface area contributed by atoms with Crippen LogP contribution in [0, 0.1) is 5.82 Å². The van der Waals surface area contributed by atoms with Gasteiger partial charge in [-0.2, -0.15) is 13.2 Å². The van der Waals surface area contributed by atoms with Gasteiger partial charge in [0.1, 0.15) is 11.6 Å². The summed E-state index contributed by atoms with van der Waals surface area (Å²) in [6, 6.07) is 4.49. The Morgan fingerprint density at radius 2 is 1.81 bits per heavy atom. The Balaban J connectivity index is 0.000000445. The third-order valence-corrected chi connectivity index (χ3v) is 3.95. The molecule has 1 aliphatic rings. The number of amides is 1.